The molecule has 0 aromatic rings. The molecular weight excluding hydrogens is 160 g/mol. The normalized spacial score (nSPS) is 25.6. The average Bonchev–Trinajstić information content (AvgIpc) is 2.84. The molecule has 0 aliphatic heterocycles. The number of nitrogens with one attached hydrogen (secondary N) is 2. The molecule has 0 amide bonds. The van der Waals surface area contributed by atoms with Crippen LogP contribution >= 0.6 is 0 Å². The summed E-state index contributed by atoms with van der Waals surface area (Å²) in [6.45, 7) is 5.92. The monoisotopic (exact) mass is 182 g/mol. The minimum Gasteiger partial charge on any atom is -0.315 e. The lowest BCUT2D eigenvalue weighted by atomic mass is 9.70. The van der Waals surface area contributed by atoms with Gasteiger partial charge in [-0.2, -0.15) is 0 Å². The molecule has 76 valence electrons. The first-order chi connectivity index (χ1) is 6.29. The average molecular weight is 182 g/mol. The van der Waals surface area contributed by atoms with E-state index in [2.05, 4.69) is 17.6 Å². The van der Waals surface area contributed by atoms with Crippen LogP contribution < -0.4 is 10.6 Å². The topological polar surface area (TPSA) is 24.1 Å². The number of rotatable bonds is 6. The van der Waals surface area contributed by atoms with Gasteiger partial charge in [0.25, 0.3) is 0 Å². The van der Waals surface area contributed by atoms with Crippen molar-refractivity contribution >= 4 is 0 Å². The van der Waals surface area contributed by atoms with Crippen molar-refractivity contribution in [1.82, 2.24) is 10.6 Å². The first kappa shape index (κ1) is 9.47. The SMILES string of the molecule is CC1(CNCCNC2CC2)CCC1. The van der Waals surface area contributed by atoms with Crippen LogP contribution in [0, 0.1) is 5.41 Å². The fourth-order valence-corrected chi connectivity index (χ4v) is 2.00. The Morgan fingerprint density at radius 3 is 2.54 bits per heavy atom. The molecule has 2 saturated carbocycles. The third-order valence-corrected chi connectivity index (χ3v) is 3.42. The maximum Gasteiger partial charge on any atom is 0.00793 e. The summed E-state index contributed by atoms with van der Waals surface area (Å²) in [7, 11) is 0. The molecule has 0 radical (unpaired) electrons. The fraction of sp³-hybridized carbons (Fsp3) is 1.00. The van der Waals surface area contributed by atoms with Crippen molar-refractivity contribution in [2.75, 3.05) is 19.6 Å². The van der Waals surface area contributed by atoms with Gasteiger partial charge >= 0.3 is 0 Å². The van der Waals surface area contributed by atoms with E-state index in [1.54, 1.807) is 0 Å². The molecule has 2 fully saturated rings. The second kappa shape index (κ2) is 3.97. The molecule has 0 aromatic carbocycles. The van der Waals surface area contributed by atoms with Crippen molar-refractivity contribution in [1.29, 1.82) is 0 Å². The van der Waals surface area contributed by atoms with E-state index in [9.17, 15) is 0 Å². The molecule has 2 nitrogen and oxygen atoms in total. The molecule has 2 rings (SSSR count). The molecular formula is C11H22N2. The van der Waals surface area contributed by atoms with Gasteiger partial charge < -0.3 is 10.6 Å². The number of hydrogen-bond donors (Lipinski definition) is 2. The van der Waals surface area contributed by atoms with E-state index < -0.39 is 0 Å². The van der Waals surface area contributed by atoms with Gasteiger partial charge in [-0.25, -0.2) is 0 Å². The molecule has 13 heavy (non-hydrogen) atoms. The Kier molecular flexibility index (Phi) is 2.89. The van der Waals surface area contributed by atoms with Gasteiger partial charge in [-0.15, -0.1) is 0 Å². The fourth-order valence-electron chi connectivity index (χ4n) is 2.00. The Balaban J connectivity index is 1.43. The van der Waals surface area contributed by atoms with Crippen LogP contribution in [0.1, 0.15) is 39.0 Å². The van der Waals surface area contributed by atoms with E-state index in [4.69, 9.17) is 0 Å². The minimum atomic E-state index is 0.638. The highest BCUT2D eigenvalue weighted by Gasteiger charge is 2.30. The van der Waals surface area contributed by atoms with Crippen molar-refractivity contribution in [3.8, 4) is 0 Å². The van der Waals surface area contributed by atoms with Gasteiger partial charge in [-0.1, -0.05) is 13.3 Å². The highest BCUT2D eigenvalue weighted by molar-refractivity contribution is 4.85. The summed E-state index contributed by atoms with van der Waals surface area (Å²) in [5.74, 6) is 0. The van der Waals surface area contributed by atoms with Crippen molar-refractivity contribution in [2.45, 2.75) is 45.1 Å². The molecule has 0 heterocycles. The minimum absolute atomic E-state index is 0.638. The highest BCUT2D eigenvalue weighted by Crippen LogP contribution is 2.39. The molecule has 2 heteroatoms. The lowest BCUT2D eigenvalue weighted by Crippen LogP contribution is -2.39. The highest BCUT2D eigenvalue weighted by atomic mass is 15.0. The van der Waals surface area contributed by atoms with Gasteiger partial charge in [0.05, 0.1) is 0 Å². The second-order valence-corrected chi connectivity index (χ2v) is 5.07. The maximum atomic E-state index is 3.55. The lowest BCUT2D eigenvalue weighted by Gasteiger charge is -2.38. The van der Waals surface area contributed by atoms with E-state index in [0.717, 1.165) is 19.1 Å². The zero-order valence-corrected chi connectivity index (χ0v) is 8.73. The van der Waals surface area contributed by atoms with Gasteiger partial charge in [-0.3, -0.25) is 0 Å². The molecule has 2 N–H and O–H groups in total. The van der Waals surface area contributed by atoms with E-state index in [1.165, 1.54) is 38.6 Å². The van der Waals surface area contributed by atoms with Crippen LogP contribution in [0.25, 0.3) is 0 Å². The van der Waals surface area contributed by atoms with E-state index in [1.807, 2.05) is 0 Å². The first-order valence-corrected chi connectivity index (χ1v) is 5.73. The van der Waals surface area contributed by atoms with Crippen molar-refractivity contribution < 1.29 is 0 Å². The molecule has 2 aliphatic carbocycles. The van der Waals surface area contributed by atoms with Gasteiger partial charge in [0.1, 0.15) is 0 Å². The summed E-state index contributed by atoms with van der Waals surface area (Å²) in [4.78, 5) is 0. The smallest absolute Gasteiger partial charge is 0.00793 e. The van der Waals surface area contributed by atoms with Crippen molar-refractivity contribution in [2.24, 2.45) is 5.41 Å². The third kappa shape index (κ3) is 2.96. The summed E-state index contributed by atoms with van der Waals surface area (Å²) in [5.41, 5.74) is 0.638. The van der Waals surface area contributed by atoms with Gasteiger partial charge in [0, 0.05) is 25.7 Å². The van der Waals surface area contributed by atoms with Crippen LogP contribution in [-0.4, -0.2) is 25.7 Å². The zero-order valence-electron chi connectivity index (χ0n) is 8.73. The predicted octanol–water partition coefficient (Wildman–Crippen LogP) is 1.52. The van der Waals surface area contributed by atoms with Crippen LogP contribution in [0.5, 0.6) is 0 Å². The molecule has 0 spiro atoms. The van der Waals surface area contributed by atoms with Crippen molar-refractivity contribution in [3.05, 3.63) is 0 Å². The van der Waals surface area contributed by atoms with E-state index >= 15 is 0 Å². The summed E-state index contributed by atoms with van der Waals surface area (Å²) in [6.07, 6.45) is 7.10. The molecule has 0 saturated heterocycles. The van der Waals surface area contributed by atoms with E-state index in [-0.39, 0.29) is 0 Å². The maximum absolute atomic E-state index is 3.55. The standard InChI is InChI=1S/C11H22N2/c1-11(5-2-6-11)9-12-7-8-13-10-3-4-10/h10,12-13H,2-9H2,1H3. The Morgan fingerprint density at radius 2 is 2.00 bits per heavy atom. The van der Waals surface area contributed by atoms with Crippen LogP contribution in [0.2, 0.25) is 0 Å². The molecule has 0 atom stereocenters. The van der Waals surface area contributed by atoms with Crippen LogP contribution in [0.3, 0.4) is 0 Å². The largest absolute Gasteiger partial charge is 0.315 e. The van der Waals surface area contributed by atoms with Gasteiger partial charge in [0.15, 0.2) is 0 Å². The third-order valence-electron chi connectivity index (χ3n) is 3.42. The second-order valence-electron chi connectivity index (χ2n) is 5.07. The van der Waals surface area contributed by atoms with Crippen molar-refractivity contribution in [3.63, 3.8) is 0 Å². The van der Waals surface area contributed by atoms with E-state index in [0.29, 0.717) is 5.41 Å². The lowest BCUT2D eigenvalue weighted by molar-refractivity contribution is 0.157. The summed E-state index contributed by atoms with van der Waals surface area (Å²) in [6, 6.07) is 0.862. The van der Waals surface area contributed by atoms with Crippen LogP contribution in [0.15, 0.2) is 0 Å². The van der Waals surface area contributed by atoms with Gasteiger partial charge in [-0.05, 0) is 31.1 Å². The molecule has 0 aromatic heterocycles. The van der Waals surface area contributed by atoms with Gasteiger partial charge in [0.2, 0.25) is 0 Å². The summed E-state index contributed by atoms with van der Waals surface area (Å²) < 4.78 is 0. The number of hydrogen-bond acceptors (Lipinski definition) is 2. The Bertz CT molecular complexity index is 159. The Hall–Kier alpha value is -0.0800. The van der Waals surface area contributed by atoms with Crippen LogP contribution in [0.4, 0.5) is 0 Å². The van der Waals surface area contributed by atoms with Crippen LogP contribution in [-0.2, 0) is 0 Å². The Morgan fingerprint density at radius 1 is 1.23 bits per heavy atom. The Labute approximate surface area is 81.5 Å². The molecule has 0 bridgehead atoms. The zero-order chi connectivity index (χ0) is 9.15. The molecule has 0 unspecified atom stereocenters. The summed E-state index contributed by atoms with van der Waals surface area (Å²) in [5, 5.41) is 7.06. The summed E-state index contributed by atoms with van der Waals surface area (Å²) >= 11 is 0. The quantitative estimate of drug-likeness (QED) is 0.609. The first-order valence-electron chi connectivity index (χ1n) is 5.73. The molecule has 2 aliphatic rings. The predicted molar refractivity (Wildman–Crippen MR) is 55.9 cm³/mol.